The number of sulfonamides is 1. The topological polar surface area (TPSA) is 90.5 Å². The predicted octanol–water partition coefficient (Wildman–Crippen LogP) is -0.225. The summed E-state index contributed by atoms with van der Waals surface area (Å²) >= 11 is 0. The van der Waals surface area contributed by atoms with Gasteiger partial charge in [0.1, 0.15) is 0 Å². The van der Waals surface area contributed by atoms with Crippen LogP contribution in [0.4, 0.5) is 0 Å². The largest absolute Gasteiger partial charge is 0.379 e. The van der Waals surface area contributed by atoms with Crippen LogP contribution in [-0.4, -0.2) is 113 Å². The lowest BCUT2D eigenvalue weighted by atomic mass is 10.1. The second-order valence-electron chi connectivity index (χ2n) is 7.95. The maximum Gasteiger partial charge on any atom is 0.282 e. The fraction of sp³-hybridized carbons (Fsp3) is 1.00. The Hall–Kier alpha value is -0.300. The quantitative estimate of drug-likeness (QED) is 0.520. The molecule has 3 fully saturated rings. The highest BCUT2D eigenvalue weighted by molar-refractivity contribution is 7.88. The van der Waals surface area contributed by atoms with Crippen LogP contribution in [0.2, 0.25) is 0 Å². The number of morpholine rings is 1. The summed E-state index contributed by atoms with van der Waals surface area (Å²) in [5.74, 6) is 0. The molecule has 1 unspecified atom stereocenters. The molecule has 0 radical (unpaired) electrons. The summed E-state index contributed by atoms with van der Waals surface area (Å²) in [6, 6.07) is -0.293. The van der Waals surface area contributed by atoms with Gasteiger partial charge in [0.15, 0.2) is 0 Å². The molecule has 0 saturated carbocycles. The molecule has 11 heteroatoms. The molecule has 0 aliphatic carbocycles. The van der Waals surface area contributed by atoms with Gasteiger partial charge in [-0.1, -0.05) is 0 Å². The van der Waals surface area contributed by atoms with E-state index in [2.05, 4.69) is 4.90 Å². The lowest BCUT2D eigenvalue weighted by Gasteiger charge is -2.40. The van der Waals surface area contributed by atoms with Crippen LogP contribution in [0.15, 0.2) is 0 Å². The predicted molar refractivity (Wildman–Crippen MR) is 108 cm³/mol. The van der Waals surface area contributed by atoms with Gasteiger partial charge in [0.2, 0.25) is 10.0 Å². The van der Waals surface area contributed by atoms with Crippen molar-refractivity contribution in [1.29, 1.82) is 0 Å². The third-order valence-electron chi connectivity index (χ3n) is 5.87. The van der Waals surface area contributed by atoms with Crippen molar-refractivity contribution < 1.29 is 21.6 Å². The molecule has 0 N–H and O–H groups in total. The van der Waals surface area contributed by atoms with Gasteiger partial charge in [-0.15, -0.1) is 0 Å². The highest BCUT2D eigenvalue weighted by Crippen LogP contribution is 2.23. The fourth-order valence-electron chi connectivity index (χ4n) is 4.38. The van der Waals surface area contributed by atoms with E-state index >= 15 is 0 Å². The average molecular weight is 439 g/mol. The van der Waals surface area contributed by atoms with Crippen molar-refractivity contribution in [3.8, 4) is 0 Å². The second kappa shape index (κ2) is 9.67. The first-order valence-electron chi connectivity index (χ1n) is 10.3. The van der Waals surface area contributed by atoms with Gasteiger partial charge in [-0.2, -0.15) is 21.3 Å². The van der Waals surface area contributed by atoms with Gasteiger partial charge in [-0.25, -0.2) is 8.42 Å². The van der Waals surface area contributed by atoms with Gasteiger partial charge in [-0.05, 0) is 51.7 Å². The molecule has 3 aliphatic heterocycles. The zero-order chi connectivity index (χ0) is 20.2. The van der Waals surface area contributed by atoms with Crippen LogP contribution < -0.4 is 0 Å². The summed E-state index contributed by atoms with van der Waals surface area (Å²) in [6.45, 7) is 5.73. The van der Waals surface area contributed by atoms with Crippen LogP contribution in [-0.2, 0) is 25.0 Å². The summed E-state index contributed by atoms with van der Waals surface area (Å²) in [5, 5.41) is 0. The number of ether oxygens (including phenoxy) is 1. The number of rotatable bonds is 8. The number of hydrogen-bond donors (Lipinski definition) is 0. The molecular weight excluding hydrogens is 404 g/mol. The van der Waals surface area contributed by atoms with Crippen molar-refractivity contribution in [2.45, 2.75) is 38.1 Å². The molecule has 0 aromatic carbocycles. The van der Waals surface area contributed by atoms with Crippen molar-refractivity contribution in [3.05, 3.63) is 0 Å². The maximum atomic E-state index is 13.0. The van der Waals surface area contributed by atoms with Gasteiger partial charge in [0.25, 0.3) is 10.2 Å². The molecule has 0 aromatic rings. The van der Waals surface area contributed by atoms with E-state index in [0.29, 0.717) is 52.2 Å². The Bertz CT molecular complexity index is 703. The molecule has 0 bridgehead atoms. The van der Waals surface area contributed by atoms with E-state index < -0.39 is 20.2 Å². The van der Waals surface area contributed by atoms with Crippen molar-refractivity contribution in [3.63, 3.8) is 0 Å². The minimum Gasteiger partial charge on any atom is -0.379 e. The molecule has 0 aromatic heterocycles. The van der Waals surface area contributed by atoms with Gasteiger partial charge in [-0.3, -0.25) is 0 Å². The van der Waals surface area contributed by atoms with E-state index in [1.807, 2.05) is 0 Å². The monoisotopic (exact) mass is 438 g/mol. The summed E-state index contributed by atoms with van der Waals surface area (Å²) in [7, 11) is -6.97. The molecule has 164 valence electrons. The lowest BCUT2D eigenvalue weighted by molar-refractivity contribution is 0.0688. The SMILES string of the molecule is CS(=O)(=O)N(CCCN1CCCC1)C1CCCN(S(=O)(=O)N2CCOCC2)C1. The summed E-state index contributed by atoms with van der Waals surface area (Å²) in [6.07, 6.45) is 5.82. The molecule has 3 rings (SSSR count). The highest BCUT2D eigenvalue weighted by Gasteiger charge is 2.38. The van der Waals surface area contributed by atoms with E-state index in [0.717, 1.165) is 26.1 Å². The number of piperidine rings is 1. The Morgan fingerprint density at radius 2 is 1.61 bits per heavy atom. The Balaban J connectivity index is 1.63. The maximum absolute atomic E-state index is 13.0. The number of likely N-dealkylation sites (tertiary alicyclic amines) is 1. The third-order valence-corrected chi connectivity index (χ3v) is 9.20. The van der Waals surface area contributed by atoms with E-state index in [1.165, 1.54) is 32.0 Å². The molecule has 3 heterocycles. The Morgan fingerprint density at radius 3 is 2.25 bits per heavy atom. The standard InChI is InChI=1S/C17H34N4O5S2/c1-27(22,23)21(11-5-9-18-7-2-3-8-18)17-6-4-10-20(16-17)28(24,25)19-12-14-26-15-13-19/h17H,2-16H2,1H3. The van der Waals surface area contributed by atoms with Crippen LogP contribution in [0, 0.1) is 0 Å². The molecule has 0 amide bonds. The zero-order valence-electron chi connectivity index (χ0n) is 16.8. The van der Waals surface area contributed by atoms with Crippen LogP contribution in [0.5, 0.6) is 0 Å². The lowest BCUT2D eigenvalue weighted by Crippen LogP contribution is -2.56. The summed E-state index contributed by atoms with van der Waals surface area (Å²) in [4.78, 5) is 2.37. The molecule has 3 aliphatic rings. The second-order valence-corrected chi connectivity index (χ2v) is 11.8. The third kappa shape index (κ3) is 5.65. The van der Waals surface area contributed by atoms with Crippen molar-refractivity contribution in [2.24, 2.45) is 0 Å². The van der Waals surface area contributed by atoms with Crippen LogP contribution in [0.1, 0.15) is 32.1 Å². The van der Waals surface area contributed by atoms with Crippen molar-refractivity contribution >= 4 is 20.2 Å². The first kappa shape index (κ1) is 22.4. The van der Waals surface area contributed by atoms with Gasteiger partial charge >= 0.3 is 0 Å². The van der Waals surface area contributed by atoms with Gasteiger partial charge < -0.3 is 9.64 Å². The Labute approximate surface area is 169 Å². The molecule has 3 saturated heterocycles. The molecule has 1 atom stereocenters. The van der Waals surface area contributed by atoms with Crippen molar-refractivity contribution in [2.75, 3.05) is 71.8 Å². The summed E-state index contributed by atoms with van der Waals surface area (Å²) in [5.41, 5.74) is 0. The first-order chi connectivity index (χ1) is 13.3. The normalized spacial score (nSPS) is 26.9. The minimum absolute atomic E-state index is 0.233. The minimum atomic E-state index is -3.57. The number of nitrogens with zero attached hydrogens (tertiary/aromatic N) is 4. The van der Waals surface area contributed by atoms with E-state index in [9.17, 15) is 16.8 Å². The van der Waals surface area contributed by atoms with E-state index in [-0.39, 0.29) is 12.6 Å². The van der Waals surface area contributed by atoms with E-state index in [1.54, 1.807) is 0 Å². The highest BCUT2D eigenvalue weighted by atomic mass is 32.2. The molecular formula is C17H34N4O5S2. The first-order valence-corrected chi connectivity index (χ1v) is 13.5. The summed E-state index contributed by atoms with van der Waals surface area (Å²) < 4.78 is 60.5. The zero-order valence-corrected chi connectivity index (χ0v) is 18.5. The van der Waals surface area contributed by atoms with Gasteiger partial charge in [0, 0.05) is 38.8 Å². The van der Waals surface area contributed by atoms with Crippen molar-refractivity contribution in [1.82, 2.24) is 17.8 Å². The van der Waals surface area contributed by atoms with E-state index in [4.69, 9.17) is 4.74 Å². The molecule has 28 heavy (non-hydrogen) atoms. The van der Waals surface area contributed by atoms with Crippen LogP contribution >= 0.6 is 0 Å². The Morgan fingerprint density at radius 1 is 0.929 bits per heavy atom. The Kier molecular flexibility index (Phi) is 7.73. The number of hydrogen-bond acceptors (Lipinski definition) is 6. The fourth-order valence-corrected chi connectivity index (χ4v) is 7.21. The smallest absolute Gasteiger partial charge is 0.282 e. The van der Waals surface area contributed by atoms with Crippen LogP contribution in [0.3, 0.4) is 0 Å². The average Bonchev–Trinajstić information content (AvgIpc) is 3.18. The van der Waals surface area contributed by atoms with Crippen LogP contribution in [0.25, 0.3) is 0 Å². The van der Waals surface area contributed by atoms with Gasteiger partial charge in [0.05, 0.1) is 19.5 Å². The molecule has 9 nitrogen and oxygen atoms in total. The molecule has 0 spiro atoms.